The third kappa shape index (κ3) is 2.69. The van der Waals surface area contributed by atoms with Gasteiger partial charge in [0.15, 0.2) is 0 Å². The van der Waals surface area contributed by atoms with Crippen LogP contribution in [0.15, 0.2) is 12.7 Å². The van der Waals surface area contributed by atoms with Crippen molar-refractivity contribution in [2.45, 2.75) is 45.4 Å². The topological polar surface area (TPSA) is 0 Å². The lowest BCUT2D eigenvalue weighted by molar-refractivity contribution is 0.243. The maximum atomic E-state index is 3.77. The largest absolute Gasteiger partial charge is 0.103 e. The molecule has 0 heterocycles. The molecule has 0 bridgehead atoms. The third-order valence-electron chi connectivity index (χ3n) is 3.03. The quantitative estimate of drug-likeness (QED) is 0.540. The van der Waals surface area contributed by atoms with Crippen LogP contribution in [-0.4, -0.2) is 0 Å². The molecule has 0 aromatic rings. The monoisotopic (exact) mass is 152 g/mol. The third-order valence-corrected chi connectivity index (χ3v) is 3.03. The van der Waals surface area contributed by atoms with Crippen molar-refractivity contribution >= 4 is 0 Å². The summed E-state index contributed by atoms with van der Waals surface area (Å²) in [6.45, 7) is 6.18. The van der Waals surface area contributed by atoms with Gasteiger partial charge in [0.1, 0.15) is 0 Å². The maximum absolute atomic E-state index is 3.77. The number of hydrogen-bond acceptors (Lipinski definition) is 0. The molecular formula is C11H20. The standard InChI is InChI=1S/C11H20/c1-3-4-8-11-9-6-5-7-10(11)2/h3,10-11H,1,4-9H2,2H3. The van der Waals surface area contributed by atoms with Gasteiger partial charge in [0.2, 0.25) is 0 Å². The molecule has 2 atom stereocenters. The molecular weight excluding hydrogens is 132 g/mol. The predicted octanol–water partition coefficient (Wildman–Crippen LogP) is 3.78. The molecule has 0 spiro atoms. The second-order valence-electron chi connectivity index (χ2n) is 3.89. The summed E-state index contributed by atoms with van der Waals surface area (Å²) in [6, 6.07) is 0. The van der Waals surface area contributed by atoms with Crippen molar-refractivity contribution in [2.75, 3.05) is 0 Å². The Morgan fingerprint density at radius 3 is 2.73 bits per heavy atom. The summed E-state index contributed by atoms with van der Waals surface area (Å²) in [5.74, 6) is 1.98. The van der Waals surface area contributed by atoms with Gasteiger partial charge in [0.05, 0.1) is 0 Å². The molecule has 0 radical (unpaired) electrons. The first-order valence-corrected chi connectivity index (χ1v) is 4.95. The molecule has 1 fully saturated rings. The maximum Gasteiger partial charge on any atom is -0.0351 e. The Labute approximate surface area is 70.7 Å². The molecule has 1 rings (SSSR count). The summed E-state index contributed by atoms with van der Waals surface area (Å²) >= 11 is 0. The average molecular weight is 152 g/mol. The zero-order valence-electron chi connectivity index (χ0n) is 7.68. The summed E-state index contributed by atoms with van der Waals surface area (Å²) in [5, 5.41) is 0. The normalized spacial score (nSPS) is 31.7. The van der Waals surface area contributed by atoms with E-state index in [1.807, 2.05) is 0 Å². The van der Waals surface area contributed by atoms with Crippen LogP contribution >= 0.6 is 0 Å². The number of allylic oxidation sites excluding steroid dienone is 1. The predicted molar refractivity (Wildman–Crippen MR) is 50.6 cm³/mol. The highest BCUT2D eigenvalue weighted by molar-refractivity contribution is 4.76. The van der Waals surface area contributed by atoms with Gasteiger partial charge >= 0.3 is 0 Å². The van der Waals surface area contributed by atoms with Gasteiger partial charge in [-0.05, 0) is 24.7 Å². The Morgan fingerprint density at radius 1 is 1.36 bits per heavy atom. The van der Waals surface area contributed by atoms with E-state index >= 15 is 0 Å². The summed E-state index contributed by atoms with van der Waals surface area (Å²) in [4.78, 5) is 0. The van der Waals surface area contributed by atoms with Crippen LogP contribution in [-0.2, 0) is 0 Å². The van der Waals surface area contributed by atoms with E-state index in [4.69, 9.17) is 0 Å². The van der Waals surface area contributed by atoms with Gasteiger partial charge in [-0.25, -0.2) is 0 Å². The smallest absolute Gasteiger partial charge is 0.0351 e. The zero-order valence-corrected chi connectivity index (χ0v) is 7.68. The van der Waals surface area contributed by atoms with Gasteiger partial charge in [-0.1, -0.05) is 38.7 Å². The van der Waals surface area contributed by atoms with Crippen molar-refractivity contribution in [3.63, 3.8) is 0 Å². The van der Waals surface area contributed by atoms with Crippen LogP contribution in [0, 0.1) is 11.8 Å². The van der Waals surface area contributed by atoms with E-state index in [-0.39, 0.29) is 0 Å². The highest BCUT2D eigenvalue weighted by Crippen LogP contribution is 2.32. The number of rotatable bonds is 3. The van der Waals surface area contributed by atoms with E-state index in [2.05, 4.69) is 19.6 Å². The fraction of sp³-hybridized carbons (Fsp3) is 0.818. The van der Waals surface area contributed by atoms with Crippen LogP contribution in [0.25, 0.3) is 0 Å². The van der Waals surface area contributed by atoms with E-state index in [1.54, 1.807) is 0 Å². The van der Waals surface area contributed by atoms with E-state index < -0.39 is 0 Å². The van der Waals surface area contributed by atoms with Crippen molar-refractivity contribution < 1.29 is 0 Å². The molecule has 0 aliphatic heterocycles. The Kier molecular flexibility index (Phi) is 3.68. The summed E-state index contributed by atoms with van der Waals surface area (Å²) in [6.07, 6.45) is 10.5. The minimum atomic E-state index is 0.976. The molecule has 0 aromatic carbocycles. The van der Waals surface area contributed by atoms with E-state index in [1.165, 1.54) is 38.5 Å². The average Bonchev–Trinajstić information content (AvgIpc) is 2.03. The molecule has 0 aromatic heterocycles. The van der Waals surface area contributed by atoms with Gasteiger partial charge in [0, 0.05) is 0 Å². The fourth-order valence-electron chi connectivity index (χ4n) is 2.15. The van der Waals surface area contributed by atoms with Crippen molar-refractivity contribution in [1.82, 2.24) is 0 Å². The first-order chi connectivity index (χ1) is 5.34. The molecule has 11 heavy (non-hydrogen) atoms. The SMILES string of the molecule is C=CCCC1CCCCC1C. The van der Waals surface area contributed by atoms with Gasteiger partial charge < -0.3 is 0 Å². The van der Waals surface area contributed by atoms with Crippen LogP contribution in [0.5, 0.6) is 0 Å². The lowest BCUT2D eigenvalue weighted by Gasteiger charge is -2.28. The fourth-order valence-corrected chi connectivity index (χ4v) is 2.15. The molecule has 0 heteroatoms. The second-order valence-corrected chi connectivity index (χ2v) is 3.89. The highest BCUT2D eigenvalue weighted by atomic mass is 14.2. The summed E-state index contributed by atoms with van der Waals surface area (Å²) in [5.41, 5.74) is 0. The lowest BCUT2D eigenvalue weighted by atomic mass is 9.78. The molecule has 1 saturated carbocycles. The Hall–Kier alpha value is -0.260. The highest BCUT2D eigenvalue weighted by Gasteiger charge is 2.19. The van der Waals surface area contributed by atoms with Crippen molar-refractivity contribution in [1.29, 1.82) is 0 Å². The molecule has 0 saturated heterocycles. The van der Waals surface area contributed by atoms with E-state index in [0.29, 0.717) is 0 Å². The molecule has 0 N–H and O–H groups in total. The minimum absolute atomic E-state index is 0.976. The Bertz CT molecular complexity index is 115. The van der Waals surface area contributed by atoms with E-state index in [9.17, 15) is 0 Å². The van der Waals surface area contributed by atoms with Gasteiger partial charge in [-0.2, -0.15) is 0 Å². The number of hydrogen-bond donors (Lipinski definition) is 0. The molecule has 1 aliphatic carbocycles. The Morgan fingerprint density at radius 2 is 2.09 bits per heavy atom. The summed E-state index contributed by atoms with van der Waals surface area (Å²) < 4.78 is 0. The van der Waals surface area contributed by atoms with Crippen LogP contribution in [0.4, 0.5) is 0 Å². The Balaban J connectivity index is 2.23. The molecule has 1 aliphatic rings. The van der Waals surface area contributed by atoms with Crippen LogP contribution in [0.2, 0.25) is 0 Å². The van der Waals surface area contributed by atoms with Crippen LogP contribution < -0.4 is 0 Å². The summed E-state index contributed by atoms with van der Waals surface area (Å²) in [7, 11) is 0. The zero-order chi connectivity index (χ0) is 8.10. The van der Waals surface area contributed by atoms with E-state index in [0.717, 1.165) is 11.8 Å². The van der Waals surface area contributed by atoms with Gasteiger partial charge in [-0.3, -0.25) is 0 Å². The molecule has 0 amide bonds. The van der Waals surface area contributed by atoms with Crippen molar-refractivity contribution in [2.24, 2.45) is 11.8 Å². The van der Waals surface area contributed by atoms with Crippen LogP contribution in [0.3, 0.4) is 0 Å². The molecule has 64 valence electrons. The van der Waals surface area contributed by atoms with Crippen LogP contribution in [0.1, 0.15) is 45.4 Å². The van der Waals surface area contributed by atoms with Gasteiger partial charge in [0.25, 0.3) is 0 Å². The lowest BCUT2D eigenvalue weighted by Crippen LogP contribution is -2.16. The molecule has 0 nitrogen and oxygen atoms in total. The van der Waals surface area contributed by atoms with Gasteiger partial charge in [-0.15, -0.1) is 6.58 Å². The minimum Gasteiger partial charge on any atom is -0.103 e. The van der Waals surface area contributed by atoms with Crippen molar-refractivity contribution in [3.8, 4) is 0 Å². The second kappa shape index (κ2) is 4.58. The van der Waals surface area contributed by atoms with Crippen molar-refractivity contribution in [3.05, 3.63) is 12.7 Å². The first-order valence-electron chi connectivity index (χ1n) is 4.95. The first kappa shape index (κ1) is 8.83. The molecule has 2 unspecified atom stereocenters.